The minimum Gasteiger partial charge on any atom is -0.357 e. The van der Waals surface area contributed by atoms with Gasteiger partial charge < -0.3 is 16.0 Å². The van der Waals surface area contributed by atoms with E-state index in [1.54, 1.807) is 11.3 Å². The molecule has 8 heteroatoms. The predicted octanol–water partition coefficient (Wildman–Crippen LogP) is 3.89. The van der Waals surface area contributed by atoms with Gasteiger partial charge in [0.2, 0.25) is 0 Å². The maximum absolute atomic E-state index is 11.8. The van der Waals surface area contributed by atoms with Crippen molar-refractivity contribution in [3.63, 3.8) is 0 Å². The van der Waals surface area contributed by atoms with Crippen molar-refractivity contribution < 1.29 is 4.79 Å². The van der Waals surface area contributed by atoms with E-state index >= 15 is 0 Å². The molecule has 0 aliphatic carbocycles. The van der Waals surface area contributed by atoms with Crippen LogP contribution in [0.4, 0.5) is 0 Å². The van der Waals surface area contributed by atoms with E-state index in [0.717, 1.165) is 28.8 Å². The Bertz CT molecular complexity index is 758. The first kappa shape index (κ1) is 24.4. The maximum Gasteiger partial charge on any atom is 0.251 e. The van der Waals surface area contributed by atoms with Gasteiger partial charge >= 0.3 is 0 Å². The molecule has 2 rings (SSSR count). The second-order valence-electron chi connectivity index (χ2n) is 6.43. The van der Waals surface area contributed by atoms with Crippen molar-refractivity contribution in [2.75, 3.05) is 13.1 Å². The molecule has 1 heterocycles. The molecule has 154 valence electrons. The summed E-state index contributed by atoms with van der Waals surface area (Å²) in [6.07, 6.45) is 0. The lowest BCUT2D eigenvalue weighted by Gasteiger charge is -2.10. The molecule has 1 amide bonds. The van der Waals surface area contributed by atoms with Crippen molar-refractivity contribution in [2.45, 2.75) is 46.7 Å². The van der Waals surface area contributed by atoms with Gasteiger partial charge in [-0.2, -0.15) is 0 Å². The highest BCUT2D eigenvalue weighted by atomic mass is 127. The van der Waals surface area contributed by atoms with Crippen LogP contribution in [0, 0.1) is 0 Å². The Balaban J connectivity index is 0.00000392. The van der Waals surface area contributed by atoms with Crippen LogP contribution < -0.4 is 16.0 Å². The number of hydrogen-bond acceptors (Lipinski definition) is 4. The quantitative estimate of drug-likeness (QED) is 0.283. The molecule has 3 N–H and O–H groups in total. The Hall–Kier alpha value is -1.68. The number of carbonyl (C=O) groups excluding carboxylic acids is 1. The van der Waals surface area contributed by atoms with Crippen molar-refractivity contribution in [3.8, 4) is 0 Å². The number of aromatic nitrogens is 1. The summed E-state index contributed by atoms with van der Waals surface area (Å²) in [6, 6.07) is 7.54. The van der Waals surface area contributed by atoms with Crippen LogP contribution in [0.3, 0.4) is 0 Å². The standard InChI is InChI=1S/C20H29N5OS.HI/c1-5-21-19(26)16-9-7-15(8-10-16)11-23-20(22-6-2)24-12-18-25-17(13-27-18)14(3)4;/h7-10,13-14H,5-6,11-12H2,1-4H3,(H,21,26)(H2,22,23,24);1H. The average Bonchev–Trinajstić information content (AvgIpc) is 3.14. The van der Waals surface area contributed by atoms with Crippen LogP contribution in [-0.2, 0) is 13.1 Å². The summed E-state index contributed by atoms with van der Waals surface area (Å²) < 4.78 is 0. The van der Waals surface area contributed by atoms with Gasteiger partial charge in [0.25, 0.3) is 5.91 Å². The summed E-state index contributed by atoms with van der Waals surface area (Å²) in [5, 5.41) is 12.5. The van der Waals surface area contributed by atoms with Gasteiger partial charge in [-0.1, -0.05) is 26.0 Å². The molecule has 0 aliphatic rings. The number of benzene rings is 1. The summed E-state index contributed by atoms with van der Waals surface area (Å²) in [5.41, 5.74) is 2.85. The highest BCUT2D eigenvalue weighted by Crippen LogP contribution is 2.17. The molecule has 0 spiro atoms. The van der Waals surface area contributed by atoms with Gasteiger partial charge in [-0.25, -0.2) is 9.98 Å². The van der Waals surface area contributed by atoms with E-state index in [0.29, 0.717) is 31.1 Å². The third-order valence-electron chi connectivity index (χ3n) is 3.89. The molecule has 0 unspecified atom stereocenters. The predicted molar refractivity (Wildman–Crippen MR) is 128 cm³/mol. The van der Waals surface area contributed by atoms with Crippen molar-refractivity contribution in [1.29, 1.82) is 0 Å². The molecular formula is C20H30IN5OS. The zero-order valence-electron chi connectivity index (χ0n) is 16.9. The lowest BCUT2D eigenvalue weighted by atomic mass is 10.1. The Morgan fingerprint density at radius 2 is 1.79 bits per heavy atom. The molecule has 0 fully saturated rings. The molecule has 0 atom stereocenters. The molecule has 28 heavy (non-hydrogen) atoms. The second-order valence-corrected chi connectivity index (χ2v) is 7.37. The number of guanidine groups is 1. The van der Waals surface area contributed by atoms with Crippen LogP contribution in [0.15, 0.2) is 34.6 Å². The molecule has 1 aromatic carbocycles. The number of halogens is 1. The third-order valence-corrected chi connectivity index (χ3v) is 4.75. The first-order chi connectivity index (χ1) is 13.0. The van der Waals surface area contributed by atoms with E-state index in [1.165, 1.54) is 0 Å². The number of hydrogen-bond donors (Lipinski definition) is 3. The largest absolute Gasteiger partial charge is 0.357 e. The monoisotopic (exact) mass is 515 g/mol. The minimum atomic E-state index is -0.0493. The normalized spacial score (nSPS) is 11.1. The van der Waals surface area contributed by atoms with Gasteiger partial charge in [0.15, 0.2) is 5.96 Å². The molecule has 0 saturated heterocycles. The van der Waals surface area contributed by atoms with Crippen LogP contribution in [0.5, 0.6) is 0 Å². The molecule has 0 saturated carbocycles. The van der Waals surface area contributed by atoms with E-state index < -0.39 is 0 Å². The van der Waals surface area contributed by atoms with Crippen molar-refractivity contribution >= 4 is 47.2 Å². The van der Waals surface area contributed by atoms with Gasteiger partial charge in [0.05, 0.1) is 18.8 Å². The summed E-state index contributed by atoms with van der Waals surface area (Å²) in [7, 11) is 0. The highest BCUT2D eigenvalue weighted by molar-refractivity contribution is 14.0. The first-order valence-corrected chi connectivity index (χ1v) is 10.2. The van der Waals surface area contributed by atoms with E-state index in [4.69, 9.17) is 0 Å². The number of rotatable bonds is 8. The number of aliphatic imine (C=N–C) groups is 1. The minimum absolute atomic E-state index is 0. The molecule has 0 aliphatic heterocycles. The Labute approximate surface area is 188 Å². The van der Waals surface area contributed by atoms with Crippen molar-refractivity contribution in [3.05, 3.63) is 51.5 Å². The maximum atomic E-state index is 11.8. The zero-order valence-corrected chi connectivity index (χ0v) is 20.1. The highest BCUT2D eigenvalue weighted by Gasteiger charge is 2.07. The van der Waals surface area contributed by atoms with Crippen molar-refractivity contribution in [2.24, 2.45) is 4.99 Å². The molecule has 0 bridgehead atoms. The number of nitrogens with zero attached hydrogens (tertiary/aromatic N) is 2. The van der Waals surface area contributed by atoms with Gasteiger partial charge in [-0.3, -0.25) is 4.79 Å². The van der Waals surface area contributed by atoms with Crippen molar-refractivity contribution in [1.82, 2.24) is 20.9 Å². The first-order valence-electron chi connectivity index (χ1n) is 9.37. The summed E-state index contributed by atoms with van der Waals surface area (Å²) in [6.45, 7) is 10.9. The Kier molecular flexibility index (Phi) is 11.1. The average molecular weight is 515 g/mol. The van der Waals surface area contributed by atoms with E-state index in [2.05, 4.69) is 45.2 Å². The van der Waals surface area contributed by atoms with E-state index in [9.17, 15) is 4.79 Å². The fourth-order valence-electron chi connectivity index (χ4n) is 2.37. The Morgan fingerprint density at radius 1 is 1.11 bits per heavy atom. The van der Waals surface area contributed by atoms with E-state index in [1.807, 2.05) is 38.1 Å². The summed E-state index contributed by atoms with van der Waals surface area (Å²) in [5.74, 6) is 1.15. The van der Waals surface area contributed by atoms with Gasteiger partial charge in [-0.15, -0.1) is 35.3 Å². The topological polar surface area (TPSA) is 78.4 Å². The third kappa shape index (κ3) is 7.75. The molecule has 0 radical (unpaired) electrons. The summed E-state index contributed by atoms with van der Waals surface area (Å²) >= 11 is 1.67. The molecular weight excluding hydrogens is 485 g/mol. The lowest BCUT2D eigenvalue weighted by molar-refractivity contribution is 0.0956. The van der Waals surface area contributed by atoms with Gasteiger partial charge in [-0.05, 0) is 37.5 Å². The SMILES string of the molecule is CCNC(=O)c1ccc(CN=C(NCC)NCc2nc(C(C)C)cs2)cc1.I. The molecule has 6 nitrogen and oxygen atoms in total. The van der Waals surface area contributed by atoms with Gasteiger partial charge in [0.1, 0.15) is 5.01 Å². The number of carbonyl (C=O) groups is 1. The molecule has 2 aromatic rings. The lowest BCUT2D eigenvalue weighted by Crippen LogP contribution is -2.36. The Morgan fingerprint density at radius 3 is 2.36 bits per heavy atom. The number of thiazole rings is 1. The fraction of sp³-hybridized carbons (Fsp3) is 0.450. The van der Waals surface area contributed by atoms with Crippen LogP contribution in [-0.4, -0.2) is 29.9 Å². The van der Waals surface area contributed by atoms with Crippen LogP contribution in [0.2, 0.25) is 0 Å². The number of nitrogens with one attached hydrogen (secondary N) is 3. The van der Waals surface area contributed by atoms with E-state index in [-0.39, 0.29) is 29.9 Å². The van der Waals surface area contributed by atoms with Crippen LogP contribution in [0.25, 0.3) is 0 Å². The fourth-order valence-corrected chi connectivity index (χ4v) is 3.26. The zero-order chi connectivity index (χ0) is 19.6. The van der Waals surface area contributed by atoms with Crippen LogP contribution >= 0.6 is 35.3 Å². The van der Waals surface area contributed by atoms with Crippen LogP contribution in [0.1, 0.15) is 60.2 Å². The van der Waals surface area contributed by atoms with Gasteiger partial charge in [0, 0.05) is 24.0 Å². The number of amides is 1. The smallest absolute Gasteiger partial charge is 0.251 e. The summed E-state index contributed by atoms with van der Waals surface area (Å²) in [4.78, 5) is 21.1. The second kappa shape index (κ2) is 12.7. The molecule has 1 aromatic heterocycles.